The molecule has 0 heterocycles. The first-order chi connectivity index (χ1) is 8.59. The second kappa shape index (κ2) is 8.28. The Labute approximate surface area is 112 Å². The fourth-order valence-electron chi connectivity index (χ4n) is 1.78. The van der Waals surface area contributed by atoms with Gasteiger partial charge in [0.05, 0.1) is 13.2 Å². The molecule has 0 saturated carbocycles. The lowest BCUT2D eigenvalue weighted by molar-refractivity contribution is 0.137. The van der Waals surface area contributed by atoms with Gasteiger partial charge in [-0.3, -0.25) is 0 Å². The topological polar surface area (TPSA) is 21.3 Å². The van der Waals surface area contributed by atoms with Gasteiger partial charge in [0.1, 0.15) is 0 Å². The van der Waals surface area contributed by atoms with E-state index in [1.165, 1.54) is 11.1 Å². The van der Waals surface area contributed by atoms with E-state index in [2.05, 4.69) is 57.3 Å². The number of nitrogens with one attached hydrogen (secondary N) is 1. The number of ether oxygens (including phenoxy) is 1. The zero-order valence-electron chi connectivity index (χ0n) is 12.2. The third-order valence-corrected chi connectivity index (χ3v) is 2.98. The first-order valence-corrected chi connectivity index (χ1v) is 6.99. The molecule has 1 rings (SSSR count). The maximum atomic E-state index is 5.60. The molecule has 0 aliphatic heterocycles. The molecule has 0 fully saturated rings. The molecule has 102 valence electrons. The minimum Gasteiger partial charge on any atom is -0.380 e. The largest absolute Gasteiger partial charge is 0.380 e. The third-order valence-electron chi connectivity index (χ3n) is 2.98. The number of hydrogen-bond acceptors (Lipinski definition) is 2. The summed E-state index contributed by atoms with van der Waals surface area (Å²) >= 11 is 0. The summed E-state index contributed by atoms with van der Waals surface area (Å²) in [6, 6.07) is 9.41. The van der Waals surface area contributed by atoms with E-state index in [4.69, 9.17) is 4.74 Å². The van der Waals surface area contributed by atoms with Crippen LogP contribution in [0.2, 0.25) is 0 Å². The average Bonchev–Trinajstić information content (AvgIpc) is 2.34. The van der Waals surface area contributed by atoms with Crippen molar-refractivity contribution in [1.29, 1.82) is 0 Å². The van der Waals surface area contributed by atoms with Crippen LogP contribution in [0.4, 0.5) is 0 Å². The predicted molar refractivity (Wildman–Crippen MR) is 78.2 cm³/mol. The van der Waals surface area contributed by atoms with Crippen LogP contribution in [-0.2, 0) is 11.2 Å². The fourth-order valence-corrected chi connectivity index (χ4v) is 1.78. The summed E-state index contributed by atoms with van der Waals surface area (Å²) in [5, 5.41) is 3.34. The van der Waals surface area contributed by atoms with E-state index >= 15 is 0 Å². The quantitative estimate of drug-likeness (QED) is 0.713. The maximum absolute atomic E-state index is 5.60. The van der Waals surface area contributed by atoms with E-state index in [1.807, 2.05) is 0 Å². The van der Waals surface area contributed by atoms with E-state index in [0.717, 1.165) is 26.2 Å². The van der Waals surface area contributed by atoms with Gasteiger partial charge in [-0.05, 0) is 23.5 Å². The lowest BCUT2D eigenvalue weighted by Gasteiger charge is -2.09. The molecule has 0 aliphatic carbocycles. The molecule has 18 heavy (non-hydrogen) atoms. The predicted octanol–water partition coefficient (Wildman–Crippen LogP) is 3.37. The van der Waals surface area contributed by atoms with Gasteiger partial charge in [0.25, 0.3) is 0 Å². The van der Waals surface area contributed by atoms with Crippen LogP contribution in [0.1, 0.15) is 44.7 Å². The van der Waals surface area contributed by atoms with Gasteiger partial charge in [-0.1, -0.05) is 52.0 Å². The van der Waals surface area contributed by atoms with Crippen LogP contribution >= 0.6 is 0 Å². The molecule has 0 radical (unpaired) electrons. The molecule has 0 bridgehead atoms. The van der Waals surface area contributed by atoms with Crippen molar-refractivity contribution in [1.82, 2.24) is 5.32 Å². The van der Waals surface area contributed by atoms with E-state index in [0.29, 0.717) is 12.0 Å². The second-order valence-electron chi connectivity index (χ2n) is 5.37. The van der Waals surface area contributed by atoms with Crippen molar-refractivity contribution in [2.75, 3.05) is 19.8 Å². The van der Waals surface area contributed by atoms with Gasteiger partial charge in [0, 0.05) is 12.6 Å². The summed E-state index contributed by atoms with van der Waals surface area (Å²) < 4.78 is 5.60. The molecule has 0 amide bonds. The van der Waals surface area contributed by atoms with Crippen LogP contribution in [0.5, 0.6) is 0 Å². The Hall–Kier alpha value is -0.860. The first-order valence-electron chi connectivity index (χ1n) is 6.99. The van der Waals surface area contributed by atoms with Crippen molar-refractivity contribution in [3.05, 3.63) is 35.4 Å². The van der Waals surface area contributed by atoms with Gasteiger partial charge < -0.3 is 10.1 Å². The average molecular weight is 249 g/mol. The van der Waals surface area contributed by atoms with Crippen molar-refractivity contribution in [2.24, 2.45) is 0 Å². The van der Waals surface area contributed by atoms with Gasteiger partial charge in [0.15, 0.2) is 0 Å². The molecule has 0 atom stereocenters. The molecule has 1 N–H and O–H groups in total. The van der Waals surface area contributed by atoms with Crippen LogP contribution in [0, 0.1) is 0 Å². The van der Waals surface area contributed by atoms with Crippen molar-refractivity contribution < 1.29 is 4.74 Å². The SMILES string of the molecule is CC(C)NCCOCCc1ccc(C(C)C)cc1. The number of hydrogen-bond donors (Lipinski definition) is 1. The van der Waals surface area contributed by atoms with Gasteiger partial charge >= 0.3 is 0 Å². The Morgan fingerprint density at radius 2 is 1.67 bits per heavy atom. The second-order valence-corrected chi connectivity index (χ2v) is 5.37. The van der Waals surface area contributed by atoms with E-state index < -0.39 is 0 Å². The highest BCUT2D eigenvalue weighted by Crippen LogP contribution is 2.14. The van der Waals surface area contributed by atoms with E-state index in [1.54, 1.807) is 0 Å². The highest BCUT2D eigenvalue weighted by Gasteiger charge is 1.99. The minimum atomic E-state index is 0.539. The van der Waals surface area contributed by atoms with Crippen molar-refractivity contribution in [3.63, 3.8) is 0 Å². The Morgan fingerprint density at radius 1 is 1.00 bits per heavy atom. The van der Waals surface area contributed by atoms with Crippen molar-refractivity contribution in [3.8, 4) is 0 Å². The number of benzene rings is 1. The summed E-state index contributed by atoms with van der Waals surface area (Å²) in [7, 11) is 0. The van der Waals surface area contributed by atoms with Crippen LogP contribution in [0.15, 0.2) is 24.3 Å². The van der Waals surface area contributed by atoms with Gasteiger partial charge in [0.2, 0.25) is 0 Å². The minimum absolute atomic E-state index is 0.539. The summed E-state index contributed by atoms with van der Waals surface area (Å²) in [4.78, 5) is 0. The molecule has 0 aromatic heterocycles. The van der Waals surface area contributed by atoms with E-state index in [-0.39, 0.29) is 0 Å². The van der Waals surface area contributed by atoms with Crippen molar-refractivity contribution >= 4 is 0 Å². The van der Waals surface area contributed by atoms with Crippen LogP contribution < -0.4 is 5.32 Å². The molecule has 0 unspecified atom stereocenters. The molecule has 0 spiro atoms. The molecular formula is C16H27NO. The molecule has 2 nitrogen and oxygen atoms in total. The standard InChI is InChI=1S/C16H27NO/c1-13(2)16-7-5-15(6-8-16)9-11-18-12-10-17-14(3)4/h5-8,13-14,17H,9-12H2,1-4H3. The molecule has 0 aliphatic rings. The van der Waals surface area contributed by atoms with Crippen LogP contribution in [-0.4, -0.2) is 25.8 Å². The highest BCUT2D eigenvalue weighted by molar-refractivity contribution is 5.24. The highest BCUT2D eigenvalue weighted by atomic mass is 16.5. The molecular weight excluding hydrogens is 222 g/mol. The van der Waals surface area contributed by atoms with Gasteiger partial charge in [-0.2, -0.15) is 0 Å². The molecule has 0 saturated heterocycles. The van der Waals surface area contributed by atoms with Crippen molar-refractivity contribution in [2.45, 2.75) is 46.1 Å². The maximum Gasteiger partial charge on any atom is 0.0591 e. The van der Waals surface area contributed by atoms with Crippen LogP contribution in [0.3, 0.4) is 0 Å². The Bertz CT molecular complexity index is 316. The summed E-state index contributed by atoms with van der Waals surface area (Å²) in [5.41, 5.74) is 2.76. The Kier molecular flexibility index (Phi) is 6.99. The van der Waals surface area contributed by atoms with Gasteiger partial charge in [-0.15, -0.1) is 0 Å². The van der Waals surface area contributed by atoms with Crippen LogP contribution in [0.25, 0.3) is 0 Å². The lowest BCUT2D eigenvalue weighted by atomic mass is 10.0. The lowest BCUT2D eigenvalue weighted by Crippen LogP contribution is -2.26. The zero-order chi connectivity index (χ0) is 13.4. The zero-order valence-corrected chi connectivity index (χ0v) is 12.2. The Morgan fingerprint density at radius 3 is 2.22 bits per heavy atom. The molecule has 1 aromatic rings. The summed E-state index contributed by atoms with van der Waals surface area (Å²) in [5.74, 6) is 0.609. The normalized spacial score (nSPS) is 11.4. The smallest absolute Gasteiger partial charge is 0.0591 e. The summed E-state index contributed by atoms with van der Waals surface area (Å²) in [6.07, 6.45) is 1.00. The Balaban J connectivity index is 2.15. The molecule has 1 aromatic carbocycles. The molecule has 2 heteroatoms. The summed E-state index contributed by atoms with van der Waals surface area (Å²) in [6.45, 7) is 11.3. The van der Waals surface area contributed by atoms with E-state index in [9.17, 15) is 0 Å². The number of rotatable bonds is 8. The van der Waals surface area contributed by atoms with Gasteiger partial charge in [-0.25, -0.2) is 0 Å². The first kappa shape index (κ1) is 15.2. The monoisotopic (exact) mass is 249 g/mol. The fraction of sp³-hybridized carbons (Fsp3) is 0.625. The third kappa shape index (κ3) is 6.18.